The molecule has 1 aliphatic rings. The fourth-order valence-corrected chi connectivity index (χ4v) is 0.808. The van der Waals surface area contributed by atoms with Crippen LogP contribution in [0.15, 0.2) is 0 Å². The van der Waals surface area contributed by atoms with Crippen LogP contribution < -0.4 is 0 Å². The molecule has 6 heteroatoms. The van der Waals surface area contributed by atoms with E-state index < -0.39 is 16.2 Å². The first kappa shape index (κ1) is 7.41. The Labute approximate surface area is 57.7 Å². The summed E-state index contributed by atoms with van der Waals surface area (Å²) in [7, 11) is 0. The molecular weight excluding hydrogens is 183 g/mol. The minimum Gasteiger partial charge on any atom is -0.214 e. The highest BCUT2D eigenvalue weighted by Gasteiger charge is 2.96. The third-order valence-electron chi connectivity index (χ3n) is 1.12. The molecule has 9 heavy (non-hydrogen) atoms. The van der Waals surface area contributed by atoms with Gasteiger partial charge >= 0.3 is 16.2 Å². The Bertz CT molecular complexity index is 111. The Balaban J connectivity index is 2.91. The fraction of sp³-hybridized carbons (Fsp3) is 1.00. The maximum absolute atomic E-state index is 11.9. The van der Waals surface area contributed by atoms with Crippen LogP contribution in [0.4, 0.5) is 17.6 Å². The molecule has 1 fully saturated rings. The van der Waals surface area contributed by atoms with Crippen LogP contribution in [-0.4, -0.2) is 16.2 Å². The molecule has 0 N–H and O–H groups in total. The van der Waals surface area contributed by atoms with Gasteiger partial charge in [-0.3, -0.25) is 0 Å². The largest absolute Gasteiger partial charge is 0.351 e. The highest BCUT2D eigenvalue weighted by molar-refractivity contribution is 6.39. The lowest BCUT2D eigenvalue weighted by Crippen LogP contribution is -2.01. The summed E-state index contributed by atoms with van der Waals surface area (Å²) in [6.45, 7) is 0. The van der Waals surface area contributed by atoms with Crippen molar-refractivity contribution in [1.82, 2.24) is 0 Å². The Morgan fingerprint density at radius 2 is 0.889 bits per heavy atom. The standard InChI is InChI=1S/C3Cl2F4/c4-1(6)2(5,7)3(1,8)9/t1-,2-/m0/s1. The molecule has 0 amide bonds. The minimum absolute atomic E-state index is 3.72. The Morgan fingerprint density at radius 3 is 0.889 bits per heavy atom. The monoisotopic (exact) mass is 182 g/mol. The number of hydrogen-bond donors (Lipinski definition) is 0. The van der Waals surface area contributed by atoms with Gasteiger partial charge in [-0.1, -0.05) is 23.2 Å². The number of halogens is 6. The van der Waals surface area contributed by atoms with Crippen LogP contribution in [0.25, 0.3) is 0 Å². The van der Waals surface area contributed by atoms with Crippen molar-refractivity contribution in [3.8, 4) is 0 Å². The van der Waals surface area contributed by atoms with E-state index in [2.05, 4.69) is 23.2 Å². The lowest BCUT2D eigenvalue weighted by atomic mass is 10.8. The molecule has 0 radical (unpaired) electrons. The second kappa shape index (κ2) is 1.32. The van der Waals surface area contributed by atoms with E-state index in [1.807, 2.05) is 0 Å². The van der Waals surface area contributed by atoms with Crippen LogP contribution in [0.1, 0.15) is 0 Å². The van der Waals surface area contributed by atoms with Crippen LogP contribution in [0, 0.1) is 0 Å². The Hall–Kier alpha value is 0.300. The van der Waals surface area contributed by atoms with E-state index in [4.69, 9.17) is 0 Å². The van der Waals surface area contributed by atoms with Gasteiger partial charge in [0.2, 0.25) is 0 Å². The van der Waals surface area contributed by atoms with Gasteiger partial charge in [-0.25, -0.2) is 8.78 Å². The molecule has 0 nitrogen and oxygen atoms in total. The van der Waals surface area contributed by atoms with Crippen LogP contribution in [0.5, 0.6) is 0 Å². The van der Waals surface area contributed by atoms with Crippen molar-refractivity contribution in [3.63, 3.8) is 0 Å². The zero-order valence-electron chi connectivity index (χ0n) is 3.77. The summed E-state index contributed by atoms with van der Waals surface area (Å²) in [4.78, 5) is 0. The molecule has 0 aromatic carbocycles. The van der Waals surface area contributed by atoms with E-state index in [1.165, 1.54) is 0 Å². The molecule has 0 aromatic heterocycles. The first-order valence-corrected chi connectivity index (χ1v) is 2.64. The summed E-state index contributed by atoms with van der Waals surface area (Å²) in [5, 5.41) is -7.44. The van der Waals surface area contributed by atoms with E-state index in [0.717, 1.165) is 0 Å². The molecule has 0 heterocycles. The topological polar surface area (TPSA) is 0 Å². The predicted octanol–water partition coefficient (Wildman–Crippen LogP) is 2.44. The van der Waals surface area contributed by atoms with E-state index in [-0.39, 0.29) is 0 Å². The van der Waals surface area contributed by atoms with Crippen molar-refractivity contribution in [2.24, 2.45) is 0 Å². The van der Waals surface area contributed by atoms with Gasteiger partial charge in [0.1, 0.15) is 0 Å². The first-order valence-electron chi connectivity index (χ1n) is 1.88. The van der Waals surface area contributed by atoms with Crippen LogP contribution in [0.3, 0.4) is 0 Å². The van der Waals surface area contributed by atoms with E-state index in [0.29, 0.717) is 0 Å². The highest BCUT2D eigenvalue weighted by Crippen LogP contribution is 2.71. The second-order valence-electron chi connectivity index (χ2n) is 1.72. The number of rotatable bonds is 0. The summed E-state index contributed by atoms with van der Waals surface area (Å²) in [5.74, 6) is -4.26. The molecule has 0 aliphatic heterocycles. The highest BCUT2D eigenvalue weighted by atomic mass is 35.5. The molecule has 0 spiro atoms. The summed E-state index contributed by atoms with van der Waals surface area (Å²) in [6.07, 6.45) is 0. The molecule has 1 aliphatic carbocycles. The maximum atomic E-state index is 11.9. The molecule has 2 atom stereocenters. The van der Waals surface area contributed by atoms with Gasteiger partial charge in [-0.2, -0.15) is 8.78 Å². The van der Waals surface area contributed by atoms with Gasteiger partial charge in [0.15, 0.2) is 0 Å². The zero-order valence-corrected chi connectivity index (χ0v) is 5.28. The third kappa shape index (κ3) is 0.515. The van der Waals surface area contributed by atoms with Crippen molar-refractivity contribution >= 4 is 23.2 Å². The van der Waals surface area contributed by atoms with Gasteiger partial charge < -0.3 is 0 Å². The summed E-state index contributed by atoms with van der Waals surface area (Å²) in [5.41, 5.74) is 0. The maximum Gasteiger partial charge on any atom is 0.351 e. The lowest BCUT2D eigenvalue weighted by molar-refractivity contribution is 0.0540. The molecule has 1 saturated carbocycles. The van der Waals surface area contributed by atoms with Crippen molar-refractivity contribution in [3.05, 3.63) is 0 Å². The lowest BCUT2D eigenvalue weighted by Gasteiger charge is -1.86. The SMILES string of the molecule is FC1(F)[C@](F)(Cl)[C@@]1(F)Cl. The molecule has 0 saturated heterocycles. The summed E-state index contributed by atoms with van der Waals surface area (Å²) < 4.78 is 47.1. The van der Waals surface area contributed by atoms with Gasteiger partial charge in [-0.05, 0) is 0 Å². The normalized spacial score (nSPS) is 55.3. The van der Waals surface area contributed by atoms with Crippen LogP contribution >= 0.6 is 23.2 Å². The van der Waals surface area contributed by atoms with E-state index in [9.17, 15) is 17.6 Å². The molecule has 0 unspecified atom stereocenters. The molecular formula is C3Cl2F4. The molecule has 54 valence electrons. The Kier molecular flexibility index (Phi) is 1.09. The number of alkyl halides is 6. The number of hydrogen-bond acceptors (Lipinski definition) is 0. The van der Waals surface area contributed by atoms with Gasteiger partial charge in [0.25, 0.3) is 0 Å². The van der Waals surface area contributed by atoms with E-state index in [1.54, 1.807) is 0 Å². The molecule has 0 aromatic rings. The van der Waals surface area contributed by atoms with Crippen molar-refractivity contribution in [1.29, 1.82) is 0 Å². The third-order valence-corrected chi connectivity index (χ3v) is 2.21. The van der Waals surface area contributed by atoms with Crippen molar-refractivity contribution in [2.75, 3.05) is 0 Å². The minimum atomic E-state index is -4.26. The zero-order chi connectivity index (χ0) is 7.50. The summed E-state index contributed by atoms with van der Waals surface area (Å²) >= 11 is 8.60. The Morgan fingerprint density at radius 1 is 0.778 bits per heavy atom. The predicted molar refractivity (Wildman–Crippen MR) is 24.3 cm³/mol. The van der Waals surface area contributed by atoms with Crippen molar-refractivity contribution in [2.45, 2.75) is 16.2 Å². The van der Waals surface area contributed by atoms with Crippen molar-refractivity contribution < 1.29 is 17.6 Å². The quantitative estimate of drug-likeness (QED) is 0.399. The fourth-order valence-electron chi connectivity index (χ4n) is 0.356. The van der Waals surface area contributed by atoms with Crippen LogP contribution in [-0.2, 0) is 0 Å². The molecule has 1 rings (SSSR count). The molecule has 0 bridgehead atoms. The van der Waals surface area contributed by atoms with E-state index >= 15 is 0 Å². The van der Waals surface area contributed by atoms with Crippen LogP contribution in [0.2, 0.25) is 0 Å². The van der Waals surface area contributed by atoms with Gasteiger partial charge in [0.05, 0.1) is 0 Å². The smallest absolute Gasteiger partial charge is 0.214 e. The average Bonchev–Trinajstić information content (AvgIpc) is 1.84. The summed E-state index contributed by atoms with van der Waals surface area (Å²) in [6, 6.07) is 0. The first-order chi connectivity index (χ1) is 3.75. The average molecular weight is 183 g/mol. The van der Waals surface area contributed by atoms with Gasteiger partial charge in [-0.15, -0.1) is 0 Å². The van der Waals surface area contributed by atoms with Gasteiger partial charge in [0, 0.05) is 0 Å². The second-order valence-corrected chi connectivity index (χ2v) is 2.76.